The maximum absolute atomic E-state index is 11.7. The number of aromatic amines is 1. The maximum atomic E-state index is 11.7. The standard InChI is InChI=1S/C10H13BrN2O3/c1-5(2)8(10(15)16)13-9(14)7-3-6(11)4-12-7/h3-5,8,12H,1-2H3,(H,13,14)(H,15,16)/t8-/m1/s1. The number of carbonyl (C=O) groups excluding carboxylic acids is 1. The number of carbonyl (C=O) groups is 2. The number of aliphatic carboxylic acids is 1. The van der Waals surface area contributed by atoms with Gasteiger partial charge in [-0.25, -0.2) is 4.79 Å². The zero-order valence-corrected chi connectivity index (χ0v) is 10.5. The van der Waals surface area contributed by atoms with Gasteiger partial charge in [-0.1, -0.05) is 13.8 Å². The molecule has 0 unspecified atom stereocenters. The number of carboxylic acid groups (broad SMARTS) is 1. The number of hydrogen-bond acceptors (Lipinski definition) is 2. The van der Waals surface area contributed by atoms with Gasteiger partial charge in [0.15, 0.2) is 0 Å². The third-order valence-corrected chi connectivity index (χ3v) is 2.57. The van der Waals surface area contributed by atoms with Crippen LogP contribution in [0.15, 0.2) is 16.7 Å². The molecular weight excluding hydrogens is 276 g/mol. The molecule has 1 atom stereocenters. The number of amides is 1. The molecular formula is C10H13BrN2O3. The minimum absolute atomic E-state index is 0.167. The van der Waals surface area contributed by atoms with Crippen molar-refractivity contribution in [1.82, 2.24) is 10.3 Å². The first-order valence-electron chi connectivity index (χ1n) is 4.79. The smallest absolute Gasteiger partial charge is 0.326 e. The molecule has 1 rings (SSSR count). The molecule has 1 amide bonds. The first-order valence-corrected chi connectivity index (χ1v) is 5.58. The summed E-state index contributed by atoms with van der Waals surface area (Å²) in [6.45, 7) is 3.48. The van der Waals surface area contributed by atoms with Crippen LogP contribution in [0.1, 0.15) is 24.3 Å². The van der Waals surface area contributed by atoms with E-state index in [9.17, 15) is 9.59 Å². The Balaban J connectivity index is 2.73. The fourth-order valence-electron chi connectivity index (χ4n) is 1.23. The SMILES string of the molecule is CC(C)[C@@H](NC(=O)c1cc(Br)c[nH]1)C(=O)O. The van der Waals surface area contributed by atoms with Crippen molar-refractivity contribution in [2.45, 2.75) is 19.9 Å². The van der Waals surface area contributed by atoms with Crippen molar-refractivity contribution in [3.05, 3.63) is 22.4 Å². The first kappa shape index (κ1) is 12.8. The Morgan fingerprint density at radius 3 is 2.50 bits per heavy atom. The second-order valence-electron chi connectivity index (χ2n) is 3.76. The lowest BCUT2D eigenvalue weighted by molar-refractivity contribution is -0.140. The van der Waals surface area contributed by atoms with E-state index in [1.54, 1.807) is 26.1 Å². The Labute approximate surface area is 101 Å². The summed E-state index contributed by atoms with van der Waals surface area (Å²) in [4.78, 5) is 25.3. The molecule has 0 bridgehead atoms. The summed E-state index contributed by atoms with van der Waals surface area (Å²) in [5, 5.41) is 11.4. The predicted molar refractivity (Wildman–Crippen MR) is 62.2 cm³/mol. The summed E-state index contributed by atoms with van der Waals surface area (Å²) in [6.07, 6.45) is 1.61. The lowest BCUT2D eigenvalue weighted by atomic mass is 10.0. The van der Waals surface area contributed by atoms with Crippen LogP contribution in [0, 0.1) is 5.92 Å². The fourth-order valence-corrected chi connectivity index (χ4v) is 1.57. The molecule has 3 N–H and O–H groups in total. The lowest BCUT2D eigenvalue weighted by Gasteiger charge is -2.17. The van der Waals surface area contributed by atoms with Gasteiger partial charge in [0.25, 0.3) is 5.91 Å². The number of carboxylic acids is 1. The molecule has 0 fully saturated rings. The monoisotopic (exact) mass is 288 g/mol. The van der Waals surface area contributed by atoms with E-state index < -0.39 is 17.9 Å². The van der Waals surface area contributed by atoms with Crippen molar-refractivity contribution in [3.63, 3.8) is 0 Å². The molecule has 5 nitrogen and oxygen atoms in total. The van der Waals surface area contributed by atoms with E-state index in [4.69, 9.17) is 5.11 Å². The van der Waals surface area contributed by atoms with Crippen LogP contribution in [0.25, 0.3) is 0 Å². The summed E-state index contributed by atoms with van der Waals surface area (Å²) < 4.78 is 0.745. The van der Waals surface area contributed by atoms with E-state index in [0.717, 1.165) is 4.47 Å². The van der Waals surface area contributed by atoms with Crippen molar-refractivity contribution >= 4 is 27.8 Å². The molecule has 0 aliphatic heterocycles. The Bertz CT molecular complexity index is 401. The van der Waals surface area contributed by atoms with Crippen LogP contribution in [0.5, 0.6) is 0 Å². The van der Waals surface area contributed by atoms with Gasteiger partial charge in [-0.2, -0.15) is 0 Å². The van der Waals surface area contributed by atoms with E-state index in [-0.39, 0.29) is 5.92 Å². The first-order chi connectivity index (χ1) is 7.41. The Hall–Kier alpha value is -1.30. The van der Waals surface area contributed by atoms with Gasteiger partial charge in [0.2, 0.25) is 0 Å². The van der Waals surface area contributed by atoms with Crippen LogP contribution >= 0.6 is 15.9 Å². The molecule has 1 aromatic rings. The quantitative estimate of drug-likeness (QED) is 0.787. The zero-order chi connectivity index (χ0) is 12.3. The topological polar surface area (TPSA) is 82.2 Å². The van der Waals surface area contributed by atoms with Crippen LogP contribution in [-0.4, -0.2) is 28.0 Å². The molecule has 1 aromatic heterocycles. The van der Waals surface area contributed by atoms with E-state index in [2.05, 4.69) is 26.2 Å². The normalized spacial score (nSPS) is 12.5. The van der Waals surface area contributed by atoms with Crippen molar-refractivity contribution in [2.24, 2.45) is 5.92 Å². The number of rotatable bonds is 4. The van der Waals surface area contributed by atoms with E-state index >= 15 is 0 Å². The lowest BCUT2D eigenvalue weighted by Crippen LogP contribution is -2.44. The van der Waals surface area contributed by atoms with Crippen LogP contribution in [0.2, 0.25) is 0 Å². The summed E-state index contributed by atoms with van der Waals surface area (Å²) in [5.41, 5.74) is 0.332. The highest BCUT2D eigenvalue weighted by atomic mass is 79.9. The Kier molecular flexibility index (Phi) is 4.12. The van der Waals surface area contributed by atoms with Crippen LogP contribution in [-0.2, 0) is 4.79 Å². The summed E-state index contributed by atoms with van der Waals surface area (Å²) in [6, 6.07) is 0.712. The minimum atomic E-state index is -1.03. The van der Waals surface area contributed by atoms with Gasteiger partial charge in [0.05, 0.1) is 0 Å². The zero-order valence-electron chi connectivity index (χ0n) is 8.95. The highest BCUT2D eigenvalue weighted by molar-refractivity contribution is 9.10. The number of H-pyrrole nitrogens is 1. The molecule has 0 radical (unpaired) electrons. The summed E-state index contributed by atoms with van der Waals surface area (Å²) in [7, 11) is 0. The molecule has 0 aliphatic carbocycles. The molecule has 0 aromatic carbocycles. The summed E-state index contributed by atoms with van der Waals surface area (Å²) >= 11 is 3.20. The molecule has 0 aliphatic rings. The van der Waals surface area contributed by atoms with Crippen molar-refractivity contribution in [2.75, 3.05) is 0 Å². The Morgan fingerprint density at radius 2 is 2.12 bits per heavy atom. The van der Waals surface area contributed by atoms with E-state index in [1.807, 2.05) is 0 Å². The molecule has 88 valence electrons. The Morgan fingerprint density at radius 1 is 1.50 bits per heavy atom. The van der Waals surface area contributed by atoms with Crippen molar-refractivity contribution < 1.29 is 14.7 Å². The maximum Gasteiger partial charge on any atom is 0.326 e. The van der Waals surface area contributed by atoms with Gasteiger partial charge in [-0.15, -0.1) is 0 Å². The number of halogens is 1. The van der Waals surface area contributed by atoms with Crippen molar-refractivity contribution in [1.29, 1.82) is 0 Å². The molecule has 0 spiro atoms. The minimum Gasteiger partial charge on any atom is -0.480 e. The second-order valence-corrected chi connectivity index (χ2v) is 4.68. The van der Waals surface area contributed by atoms with Gasteiger partial charge in [0.1, 0.15) is 11.7 Å². The number of nitrogens with one attached hydrogen (secondary N) is 2. The highest BCUT2D eigenvalue weighted by Crippen LogP contribution is 2.11. The average Bonchev–Trinajstić information content (AvgIpc) is 2.59. The van der Waals surface area contributed by atoms with E-state index in [0.29, 0.717) is 5.69 Å². The van der Waals surface area contributed by atoms with Crippen molar-refractivity contribution in [3.8, 4) is 0 Å². The molecule has 1 heterocycles. The van der Waals surface area contributed by atoms with Crippen LogP contribution in [0.4, 0.5) is 0 Å². The summed E-state index contributed by atoms with van der Waals surface area (Å²) in [5.74, 6) is -1.62. The van der Waals surface area contributed by atoms with Crippen LogP contribution < -0.4 is 5.32 Å². The van der Waals surface area contributed by atoms with Gasteiger partial charge in [0, 0.05) is 10.7 Å². The van der Waals surface area contributed by atoms with Gasteiger partial charge >= 0.3 is 5.97 Å². The third-order valence-electron chi connectivity index (χ3n) is 2.11. The number of hydrogen-bond donors (Lipinski definition) is 3. The van der Waals surface area contributed by atoms with Gasteiger partial charge in [-0.05, 0) is 27.9 Å². The highest BCUT2D eigenvalue weighted by Gasteiger charge is 2.24. The third kappa shape index (κ3) is 3.10. The second kappa shape index (κ2) is 5.16. The van der Waals surface area contributed by atoms with Crippen LogP contribution in [0.3, 0.4) is 0 Å². The molecule has 6 heteroatoms. The average molecular weight is 289 g/mol. The molecule has 16 heavy (non-hydrogen) atoms. The van der Waals surface area contributed by atoms with Gasteiger partial charge in [-0.3, -0.25) is 4.79 Å². The van der Waals surface area contributed by atoms with E-state index in [1.165, 1.54) is 0 Å². The molecule has 0 saturated heterocycles. The predicted octanol–water partition coefficient (Wildman–Crippen LogP) is 1.62. The fraction of sp³-hybridized carbons (Fsp3) is 0.400. The van der Waals surface area contributed by atoms with Gasteiger partial charge < -0.3 is 15.4 Å². The number of aromatic nitrogens is 1. The molecule has 0 saturated carbocycles. The largest absolute Gasteiger partial charge is 0.480 e.